The summed E-state index contributed by atoms with van der Waals surface area (Å²) in [7, 11) is 0. The number of carboxylic acids is 1. The van der Waals surface area contributed by atoms with Crippen molar-refractivity contribution in [3.63, 3.8) is 0 Å². The second kappa shape index (κ2) is 6.28. The Balaban J connectivity index is 2.72. The molecule has 1 rings (SSSR count). The van der Waals surface area contributed by atoms with Gasteiger partial charge >= 0.3 is 5.97 Å². The third-order valence-corrected chi connectivity index (χ3v) is 4.93. The van der Waals surface area contributed by atoms with Crippen LogP contribution in [0.4, 0.5) is 0 Å². The van der Waals surface area contributed by atoms with Gasteiger partial charge in [0.25, 0.3) is 0 Å². The fraction of sp³-hybridized carbons (Fsp3) is 0.417. The van der Waals surface area contributed by atoms with Crippen LogP contribution in [0.3, 0.4) is 0 Å². The zero-order valence-corrected chi connectivity index (χ0v) is 13.3. The van der Waals surface area contributed by atoms with E-state index in [1.165, 1.54) is 11.8 Å². The molecule has 0 aromatic heterocycles. The molecule has 0 aliphatic heterocycles. The van der Waals surface area contributed by atoms with Crippen molar-refractivity contribution in [1.82, 2.24) is 0 Å². The van der Waals surface area contributed by atoms with E-state index in [0.717, 1.165) is 10.0 Å². The molecule has 1 aromatic rings. The lowest BCUT2D eigenvalue weighted by Crippen LogP contribution is -2.46. The maximum atomic E-state index is 10.9. The van der Waals surface area contributed by atoms with Crippen LogP contribution in [-0.4, -0.2) is 21.9 Å². The molecule has 1 aromatic carbocycles. The molecular weight excluding hydrogens is 338 g/mol. The summed E-state index contributed by atoms with van der Waals surface area (Å²) < 4.78 is 0.366. The van der Waals surface area contributed by atoms with E-state index in [2.05, 4.69) is 15.9 Å². The van der Waals surface area contributed by atoms with E-state index < -0.39 is 16.8 Å². The second-order valence-corrected chi connectivity index (χ2v) is 7.40. The molecule has 0 aliphatic carbocycles. The summed E-state index contributed by atoms with van der Waals surface area (Å²) in [5.41, 5.74) is 6.63. The minimum Gasteiger partial charge on any atom is -0.480 e. The van der Waals surface area contributed by atoms with E-state index in [9.17, 15) is 4.79 Å². The summed E-state index contributed by atoms with van der Waals surface area (Å²) in [6, 6.07) is 4.74. The van der Waals surface area contributed by atoms with Gasteiger partial charge in [0, 0.05) is 20.0 Å². The molecule has 0 saturated heterocycles. The van der Waals surface area contributed by atoms with Crippen LogP contribution in [0.25, 0.3) is 0 Å². The molecule has 3 nitrogen and oxygen atoms in total. The fourth-order valence-electron chi connectivity index (χ4n) is 1.29. The predicted molar refractivity (Wildman–Crippen MR) is 80.1 cm³/mol. The van der Waals surface area contributed by atoms with Gasteiger partial charge in [0.2, 0.25) is 0 Å². The summed E-state index contributed by atoms with van der Waals surface area (Å²) in [6.07, 6.45) is 0. The van der Waals surface area contributed by atoms with Gasteiger partial charge in [-0.1, -0.05) is 33.6 Å². The monoisotopic (exact) mass is 351 g/mol. The highest BCUT2D eigenvalue weighted by Gasteiger charge is 2.32. The fourth-order valence-corrected chi connectivity index (χ4v) is 3.17. The second-order valence-electron chi connectivity index (χ2n) is 4.44. The Morgan fingerprint density at radius 3 is 2.72 bits per heavy atom. The molecule has 0 radical (unpaired) electrons. The molecule has 0 unspecified atom stereocenters. The molecule has 100 valence electrons. The SMILES string of the molecule is CC(C)(SCc1ccc(Br)cc1Cl)[C@H](N)C(=O)O. The van der Waals surface area contributed by atoms with Gasteiger partial charge in [-0.2, -0.15) is 0 Å². The Morgan fingerprint density at radius 1 is 1.61 bits per heavy atom. The maximum Gasteiger partial charge on any atom is 0.321 e. The molecule has 0 fully saturated rings. The van der Waals surface area contributed by atoms with E-state index >= 15 is 0 Å². The van der Waals surface area contributed by atoms with Crippen LogP contribution in [0.2, 0.25) is 5.02 Å². The first-order valence-electron chi connectivity index (χ1n) is 5.30. The number of carboxylic acid groups (broad SMARTS) is 1. The van der Waals surface area contributed by atoms with Gasteiger partial charge < -0.3 is 10.8 Å². The van der Waals surface area contributed by atoms with Gasteiger partial charge in [-0.15, -0.1) is 11.8 Å². The minimum atomic E-state index is -0.991. The first-order valence-corrected chi connectivity index (χ1v) is 7.46. The van der Waals surface area contributed by atoms with Crippen LogP contribution >= 0.6 is 39.3 Å². The van der Waals surface area contributed by atoms with Crippen LogP contribution in [0.15, 0.2) is 22.7 Å². The number of benzene rings is 1. The minimum absolute atomic E-state index is 0.553. The van der Waals surface area contributed by atoms with Crippen LogP contribution < -0.4 is 5.73 Å². The summed E-state index contributed by atoms with van der Waals surface area (Å²) in [6.45, 7) is 3.65. The molecular formula is C12H15BrClNO2S. The van der Waals surface area contributed by atoms with Gasteiger partial charge in [-0.25, -0.2) is 0 Å². The van der Waals surface area contributed by atoms with E-state index in [1.807, 2.05) is 32.0 Å². The zero-order chi connectivity index (χ0) is 13.9. The number of hydrogen-bond donors (Lipinski definition) is 2. The number of halogens is 2. The third kappa shape index (κ3) is 4.16. The lowest BCUT2D eigenvalue weighted by molar-refractivity contribution is -0.139. The number of rotatable bonds is 5. The first-order chi connectivity index (χ1) is 8.24. The van der Waals surface area contributed by atoms with Gasteiger partial charge in [0.1, 0.15) is 6.04 Å². The summed E-state index contributed by atoms with van der Waals surface area (Å²) in [4.78, 5) is 10.9. The van der Waals surface area contributed by atoms with Gasteiger partial charge in [0.05, 0.1) is 0 Å². The van der Waals surface area contributed by atoms with Gasteiger partial charge in [-0.3, -0.25) is 4.79 Å². The smallest absolute Gasteiger partial charge is 0.321 e. The third-order valence-electron chi connectivity index (χ3n) is 2.63. The Hall–Kier alpha value is -0.230. The molecule has 1 atom stereocenters. The van der Waals surface area contributed by atoms with Crippen molar-refractivity contribution in [2.45, 2.75) is 30.4 Å². The quantitative estimate of drug-likeness (QED) is 0.851. The Bertz CT molecular complexity index is 454. The van der Waals surface area contributed by atoms with Crippen LogP contribution in [0.5, 0.6) is 0 Å². The standard InChI is InChI=1S/C12H15BrClNO2S/c1-12(2,10(15)11(16)17)18-6-7-3-4-8(13)5-9(7)14/h3-5,10H,6,15H2,1-2H3,(H,16,17)/t10-/m1/s1. The van der Waals surface area contributed by atoms with E-state index in [4.69, 9.17) is 22.4 Å². The molecule has 0 bridgehead atoms. The highest BCUT2D eigenvalue weighted by Crippen LogP contribution is 2.33. The maximum absolute atomic E-state index is 10.9. The van der Waals surface area contributed by atoms with Crippen LogP contribution in [0.1, 0.15) is 19.4 Å². The summed E-state index contributed by atoms with van der Waals surface area (Å²) >= 11 is 10.9. The molecule has 0 heterocycles. The predicted octanol–water partition coefficient (Wildman–Crippen LogP) is 3.53. The summed E-state index contributed by atoms with van der Waals surface area (Å²) in [5, 5.41) is 9.60. The van der Waals surface area contributed by atoms with E-state index in [1.54, 1.807) is 0 Å². The molecule has 0 amide bonds. The number of carbonyl (C=O) groups is 1. The first kappa shape index (κ1) is 15.8. The normalized spacial score (nSPS) is 13.4. The van der Waals surface area contributed by atoms with E-state index in [0.29, 0.717) is 10.8 Å². The van der Waals surface area contributed by atoms with Crippen molar-refractivity contribution in [1.29, 1.82) is 0 Å². The molecule has 0 spiro atoms. The average molecular weight is 353 g/mol. The molecule has 0 aliphatic rings. The Labute approximate surface area is 124 Å². The van der Waals surface area contributed by atoms with Gasteiger partial charge in [-0.05, 0) is 31.5 Å². The highest BCUT2D eigenvalue weighted by atomic mass is 79.9. The van der Waals surface area contributed by atoms with Crippen LogP contribution in [0, 0.1) is 0 Å². The Kier molecular flexibility index (Phi) is 5.52. The largest absolute Gasteiger partial charge is 0.480 e. The summed E-state index contributed by atoms with van der Waals surface area (Å²) in [5.74, 6) is -0.366. The van der Waals surface area contributed by atoms with Crippen molar-refractivity contribution in [2.24, 2.45) is 5.73 Å². The topological polar surface area (TPSA) is 63.3 Å². The van der Waals surface area contributed by atoms with E-state index in [-0.39, 0.29) is 0 Å². The highest BCUT2D eigenvalue weighted by molar-refractivity contribution is 9.10. The van der Waals surface area contributed by atoms with Crippen molar-refractivity contribution >= 4 is 45.3 Å². The number of aliphatic carboxylic acids is 1. The average Bonchev–Trinajstić information content (AvgIpc) is 2.26. The number of thioether (sulfide) groups is 1. The van der Waals surface area contributed by atoms with Crippen molar-refractivity contribution in [3.8, 4) is 0 Å². The molecule has 18 heavy (non-hydrogen) atoms. The zero-order valence-electron chi connectivity index (χ0n) is 10.1. The number of nitrogens with two attached hydrogens (primary N) is 1. The lowest BCUT2D eigenvalue weighted by Gasteiger charge is -2.28. The van der Waals surface area contributed by atoms with Crippen molar-refractivity contribution < 1.29 is 9.90 Å². The van der Waals surface area contributed by atoms with Gasteiger partial charge in [0.15, 0.2) is 0 Å². The van der Waals surface area contributed by atoms with Crippen molar-refractivity contribution in [3.05, 3.63) is 33.3 Å². The lowest BCUT2D eigenvalue weighted by atomic mass is 10.1. The molecule has 6 heteroatoms. The van der Waals surface area contributed by atoms with Crippen molar-refractivity contribution in [2.75, 3.05) is 0 Å². The Morgan fingerprint density at radius 2 is 2.22 bits per heavy atom. The molecule has 0 saturated carbocycles. The molecule has 3 N–H and O–H groups in total. The van der Waals surface area contributed by atoms with Crippen LogP contribution in [-0.2, 0) is 10.5 Å². The number of hydrogen-bond acceptors (Lipinski definition) is 3.